The molecule has 26 heavy (non-hydrogen) atoms. The summed E-state index contributed by atoms with van der Waals surface area (Å²) in [5.74, 6) is 1.56. The molecule has 4 unspecified atom stereocenters. The fraction of sp³-hybridized carbons (Fsp3) is 0.900. The van der Waals surface area contributed by atoms with E-state index in [1.165, 1.54) is 6.42 Å². The number of carbonyl (C=O) groups is 2. The average Bonchev–Trinajstić information content (AvgIpc) is 2.60. The maximum absolute atomic E-state index is 12.9. The summed E-state index contributed by atoms with van der Waals surface area (Å²) in [6.45, 7) is 16.3. The van der Waals surface area contributed by atoms with Gasteiger partial charge in [0.2, 0.25) is 11.8 Å². The van der Waals surface area contributed by atoms with Crippen molar-refractivity contribution in [1.29, 1.82) is 0 Å². The molecule has 2 aliphatic heterocycles. The standard InChI is InChI=1S/C20H38N4O2/c1-6-17(4)21-19(25)14-22-7-9-23(10-8-22)18(5)20(26)24-12-15(2)11-16(3)13-24/h15-18H,6-14H2,1-5H3,(H,21,25). The van der Waals surface area contributed by atoms with Gasteiger partial charge in [0.25, 0.3) is 0 Å². The van der Waals surface area contributed by atoms with Gasteiger partial charge in [0.05, 0.1) is 12.6 Å². The minimum atomic E-state index is -0.0661. The highest BCUT2D eigenvalue weighted by molar-refractivity contribution is 5.81. The normalized spacial score (nSPS) is 27.8. The molecular weight excluding hydrogens is 328 g/mol. The molecule has 2 saturated heterocycles. The Bertz CT molecular complexity index is 466. The molecule has 0 spiro atoms. The third-order valence-electron chi connectivity index (χ3n) is 5.88. The molecule has 1 N–H and O–H groups in total. The van der Waals surface area contributed by atoms with Gasteiger partial charge in [-0.3, -0.25) is 19.4 Å². The number of nitrogens with zero attached hydrogens (tertiary/aromatic N) is 3. The number of hydrogen-bond donors (Lipinski definition) is 1. The van der Waals surface area contributed by atoms with E-state index in [1.807, 2.05) is 13.8 Å². The van der Waals surface area contributed by atoms with Crippen LogP contribution >= 0.6 is 0 Å². The third kappa shape index (κ3) is 5.95. The number of likely N-dealkylation sites (tertiary alicyclic amines) is 1. The number of piperazine rings is 1. The van der Waals surface area contributed by atoms with Crippen molar-refractivity contribution in [3.05, 3.63) is 0 Å². The first-order valence-corrected chi connectivity index (χ1v) is 10.3. The topological polar surface area (TPSA) is 55.9 Å². The monoisotopic (exact) mass is 366 g/mol. The molecule has 150 valence electrons. The summed E-state index contributed by atoms with van der Waals surface area (Å²) in [5, 5.41) is 3.03. The van der Waals surface area contributed by atoms with Crippen molar-refractivity contribution in [3.8, 4) is 0 Å². The molecule has 0 saturated carbocycles. The van der Waals surface area contributed by atoms with E-state index in [-0.39, 0.29) is 23.9 Å². The molecule has 0 bridgehead atoms. The lowest BCUT2D eigenvalue weighted by molar-refractivity contribution is -0.140. The van der Waals surface area contributed by atoms with Crippen LogP contribution in [-0.2, 0) is 9.59 Å². The van der Waals surface area contributed by atoms with Crippen LogP contribution in [0.4, 0.5) is 0 Å². The van der Waals surface area contributed by atoms with Crippen LogP contribution in [0.5, 0.6) is 0 Å². The number of amides is 2. The van der Waals surface area contributed by atoms with Crippen molar-refractivity contribution in [2.45, 2.75) is 59.5 Å². The Morgan fingerprint density at radius 2 is 1.62 bits per heavy atom. The number of hydrogen-bond acceptors (Lipinski definition) is 4. The molecule has 4 atom stereocenters. The second kappa shape index (κ2) is 9.70. The van der Waals surface area contributed by atoms with Gasteiger partial charge in [-0.15, -0.1) is 0 Å². The van der Waals surface area contributed by atoms with Crippen LogP contribution in [0.1, 0.15) is 47.5 Å². The van der Waals surface area contributed by atoms with Crippen molar-refractivity contribution in [1.82, 2.24) is 20.0 Å². The molecule has 6 heteroatoms. The van der Waals surface area contributed by atoms with Gasteiger partial charge < -0.3 is 10.2 Å². The average molecular weight is 367 g/mol. The summed E-state index contributed by atoms with van der Waals surface area (Å²) >= 11 is 0. The second-order valence-corrected chi connectivity index (χ2v) is 8.55. The summed E-state index contributed by atoms with van der Waals surface area (Å²) in [6.07, 6.45) is 2.17. The van der Waals surface area contributed by atoms with Crippen LogP contribution in [0, 0.1) is 11.8 Å². The van der Waals surface area contributed by atoms with Crippen LogP contribution in [0.25, 0.3) is 0 Å². The van der Waals surface area contributed by atoms with E-state index in [4.69, 9.17) is 0 Å². The molecule has 2 aliphatic rings. The number of piperidine rings is 1. The smallest absolute Gasteiger partial charge is 0.239 e. The Kier molecular flexibility index (Phi) is 7.89. The Hall–Kier alpha value is -1.14. The van der Waals surface area contributed by atoms with Crippen LogP contribution in [0.2, 0.25) is 0 Å². The Balaban J connectivity index is 1.77. The maximum atomic E-state index is 12.9. The summed E-state index contributed by atoms with van der Waals surface area (Å²) in [6, 6.07) is 0.166. The van der Waals surface area contributed by atoms with Gasteiger partial charge in [-0.05, 0) is 38.5 Å². The molecule has 2 fully saturated rings. The van der Waals surface area contributed by atoms with E-state index in [9.17, 15) is 9.59 Å². The van der Waals surface area contributed by atoms with Crippen LogP contribution in [0.15, 0.2) is 0 Å². The fourth-order valence-electron chi connectivity index (χ4n) is 4.20. The molecule has 0 aromatic heterocycles. The highest BCUT2D eigenvalue weighted by atomic mass is 16.2. The van der Waals surface area contributed by atoms with E-state index in [0.29, 0.717) is 18.4 Å². The van der Waals surface area contributed by atoms with Crippen LogP contribution < -0.4 is 5.32 Å². The molecule has 0 radical (unpaired) electrons. The van der Waals surface area contributed by atoms with E-state index >= 15 is 0 Å². The first-order valence-electron chi connectivity index (χ1n) is 10.3. The molecule has 6 nitrogen and oxygen atoms in total. The van der Waals surface area contributed by atoms with Crippen molar-refractivity contribution in [2.75, 3.05) is 45.8 Å². The SMILES string of the molecule is CCC(C)NC(=O)CN1CCN(C(C)C(=O)N2CC(C)CC(C)C2)CC1. The Morgan fingerprint density at radius 1 is 1.04 bits per heavy atom. The van der Waals surface area contributed by atoms with E-state index in [2.05, 4.69) is 40.8 Å². The van der Waals surface area contributed by atoms with Gasteiger partial charge in [0, 0.05) is 45.3 Å². The molecule has 0 aromatic carbocycles. The van der Waals surface area contributed by atoms with Gasteiger partial charge >= 0.3 is 0 Å². The zero-order valence-electron chi connectivity index (χ0n) is 17.3. The van der Waals surface area contributed by atoms with Gasteiger partial charge in [-0.25, -0.2) is 0 Å². The van der Waals surface area contributed by atoms with Gasteiger partial charge in [0.1, 0.15) is 0 Å². The summed E-state index contributed by atoms with van der Waals surface area (Å²) in [7, 11) is 0. The summed E-state index contributed by atoms with van der Waals surface area (Å²) < 4.78 is 0. The Morgan fingerprint density at radius 3 is 2.15 bits per heavy atom. The minimum absolute atomic E-state index is 0.0661. The molecule has 0 aromatic rings. The van der Waals surface area contributed by atoms with Gasteiger partial charge in [-0.2, -0.15) is 0 Å². The number of carbonyl (C=O) groups excluding carboxylic acids is 2. The highest BCUT2D eigenvalue weighted by Gasteiger charge is 2.32. The quantitative estimate of drug-likeness (QED) is 0.772. The van der Waals surface area contributed by atoms with Crippen molar-refractivity contribution in [2.24, 2.45) is 11.8 Å². The first-order chi connectivity index (χ1) is 12.3. The maximum Gasteiger partial charge on any atom is 0.239 e. The molecular formula is C20H38N4O2. The molecule has 2 heterocycles. The second-order valence-electron chi connectivity index (χ2n) is 8.55. The predicted octanol–water partition coefficient (Wildman–Crippen LogP) is 1.41. The van der Waals surface area contributed by atoms with Crippen LogP contribution in [0.3, 0.4) is 0 Å². The first kappa shape index (κ1) is 21.2. The molecule has 2 rings (SSSR count). The molecule has 2 amide bonds. The zero-order valence-corrected chi connectivity index (χ0v) is 17.3. The van der Waals surface area contributed by atoms with E-state index in [1.54, 1.807) is 0 Å². The van der Waals surface area contributed by atoms with Crippen molar-refractivity contribution < 1.29 is 9.59 Å². The van der Waals surface area contributed by atoms with E-state index in [0.717, 1.165) is 45.7 Å². The van der Waals surface area contributed by atoms with Crippen LogP contribution in [-0.4, -0.2) is 84.4 Å². The Labute approximate surface area is 159 Å². The van der Waals surface area contributed by atoms with Gasteiger partial charge in [-0.1, -0.05) is 20.8 Å². The lowest BCUT2D eigenvalue weighted by Gasteiger charge is -2.41. The highest BCUT2D eigenvalue weighted by Crippen LogP contribution is 2.22. The van der Waals surface area contributed by atoms with Crippen molar-refractivity contribution >= 4 is 11.8 Å². The third-order valence-corrected chi connectivity index (χ3v) is 5.88. The number of rotatable bonds is 6. The largest absolute Gasteiger partial charge is 0.353 e. The van der Waals surface area contributed by atoms with Gasteiger partial charge in [0.15, 0.2) is 0 Å². The summed E-state index contributed by atoms with van der Waals surface area (Å²) in [5.41, 5.74) is 0. The van der Waals surface area contributed by atoms with E-state index < -0.39 is 0 Å². The fourth-order valence-corrected chi connectivity index (χ4v) is 4.20. The number of nitrogens with one attached hydrogen (secondary N) is 1. The lowest BCUT2D eigenvalue weighted by atomic mass is 9.91. The zero-order chi connectivity index (χ0) is 19.3. The lowest BCUT2D eigenvalue weighted by Crippen LogP contribution is -2.57. The predicted molar refractivity (Wildman–Crippen MR) is 105 cm³/mol. The minimum Gasteiger partial charge on any atom is -0.353 e. The summed E-state index contributed by atoms with van der Waals surface area (Å²) in [4.78, 5) is 31.5. The van der Waals surface area contributed by atoms with Crippen molar-refractivity contribution in [3.63, 3.8) is 0 Å². The molecule has 0 aliphatic carbocycles.